The molecule has 1 amide bonds. The number of thiazole rings is 1. The number of hydrogen-bond acceptors (Lipinski definition) is 7. The lowest BCUT2D eigenvalue weighted by atomic mass is 9.74. The fourth-order valence-electron chi connectivity index (χ4n) is 4.48. The first-order valence-electron chi connectivity index (χ1n) is 11.5. The number of benzene rings is 2. The third-order valence-electron chi connectivity index (χ3n) is 6.44. The van der Waals surface area contributed by atoms with Crippen LogP contribution in [0.1, 0.15) is 40.7 Å². The Morgan fingerprint density at radius 1 is 1.12 bits per heavy atom. The summed E-state index contributed by atoms with van der Waals surface area (Å²) in [6.45, 7) is 6.54. The Morgan fingerprint density at radius 2 is 1.88 bits per heavy atom. The van der Waals surface area contributed by atoms with Crippen LogP contribution in [0.3, 0.4) is 0 Å². The van der Waals surface area contributed by atoms with E-state index in [4.69, 9.17) is 18.9 Å². The number of hydrogen-bond donors (Lipinski definition) is 1. The smallest absolute Gasteiger partial charge is 0.263 e. The van der Waals surface area contributed by atoms with Gasteiger partial charge in [0.1, 0.15) is 15.6 Å². The Balaban J connectivity index is 1.33. The molecule has 0 saturated carbocycles. The number of carbonyl (C=O) groups is 1. The van der Waals surface area contributed by atoms with Gasteiger partial charge in [0, 0.05) is 30.7 Å². The molecule has 1 N–H and O–H groups in total. The van der Waals surface area contributed by atoms with Crippen molar-refractivity contribution in [3.05, 3.63) is 58.6 Å². The van der Waals surface area contributed by atoms with Crippen LogP contribution in [0.4, 0.5) is 0 Å². The predicted molar refractivity (Wildman–Crippen MR) is 130 cm³/mol. The SMILES string of the molecule is CCOc1ccc(-c2nc(C)c(C(=O)NCC3(c4ccc5c(c4)OCO5)CCOCC3)s2)cc1. The molecular formula is C26H28N2O5S. The van der Waals surface area contributed by atoms with Gasteiger partial charge in [-0.3, -0.25) is 4.79 Å². The molecule has 1 fully saturated rings. The number of carbonyl (C=O) groups excluding carboxylic acids is 1. The first-order chi connectivity index (χ1) is 16.6. The number of nitrogens with zero attached hydrogens (tertiary/aromatic N) is 1. The first kappa shape index (κ1) is 22.7. The number of fused-ring (bicyclic) bond motifs is 1. The van der Waals surface area contributed by atoms with Gasteiger partial charge in [-0.15, -0.1) is 11.3 Å². The number of aromatic nitrogens is 1. The maximum Gasteiger partial charge on any atom is 0.263 e. The third-order valence-corrected chi connectivity index (χ3v) is 7.64. The Morgan fingerprint density at radius 3 is 2.65 bits per heavy atom. The summed E-state index contributed by atoms with van der Waals surface area (Å²) >= 11 is 1.41. The highest BCUT2D eigenvalue weighted by Crippen LogP contribution is 2.40. The monoisotopic (exact) mass is 480 g/mol. The van der Waals surface area contributed by atoms with Crippen molar-refractivity contribution >= 4 is 17.2 Å². The summed E-state index contributed by atoms with van der Waals surface area (Å²) in [5.74, 6) is 2.24. The van der Waals surface area contributed by atoms with E-state index in [1.165, 1.54) is 11.3 Å². The predicted octanol–water partition coefficient (Wildman–Crippen LogP) is 4.72. The molecule has 5 rings (SSSR count). The largest absolute Gasteiger partial charge is 0.494 e. The maximum absolute atomic E-state index is 13.2. The van der Waals surface area contributed by atoms with E-state index in [1.54, 1.807) is 0 Å². The summed E-state index contributed by atoms with van der Waals surface area (Å²) in [6.07, 6.45) is 1.65. The van der Waals surface area contributed by atoms with Crippen molar-refractivity contribution in [1.82, 2.24) is 10.3 Å². The molecule has 0 unspecified atom stereocenters. The number of ether oxygens (including phenoxy) is 4. The zero-order valence-electron chi connectivity index (χ0n) is 19.4. The van der Waals surface area contributed by atoms with E-state index >= 15 is 0 Å². The molecular weight excluding hydrogens is 452 g/mol. The van der Waals surface area contributed by atoms with Crippen molar-refractivity contribution in [3.8, 4) is 27.8 Å². The lowest BCUT2D eigenvalue weighted by molar-refractivity contribution is 0.0487. The molecule has 2 aromatic carbocycles. The van der Waals surface area contributed by atoms with Crippen LogP contribution in [0, 0.1) is 6.92 Å². The van der Waals surface area contributed by atoms with Crippen LogP contribution in [-0.2, 0) is 10.2 Å². The summed E-state index contributed by atoms with van der Waals surface area (Å²) in [4.78, 5) is 18.5. The molecule has 2 aliphatic rings. The van der Waals surface area contributed by atoms with E-state index in [-0.39, 0.29) is 18.1 Å². The van der Waals surface area contributed by atoms with Gasteiger partial charge in [-0.2, -0.15) is 0 Å². The molecule has 7 nitrogen and oxygen atoms in total. The van der Waals surface area contributed by atoms with E-state index in [1.807, 2.05) is 50.2 Å². The molecule has 1 saturated heterocycles. The second kappa shape index (κ2) is 9.64. The van der Waals surface area contributed by atoms with Crippen molar-refractivity contribution < 1.29 is 23.7 Å². The Labute approximate surface area is 203 Å². The van der Waals surface area contributed by atoms with Gasteiger partial charge in [0.05, 0.1) is 12.3 Å². The van der Waals surface area contributed by atoms with Gasteiger partial charge < -0.3 is 24.3 Å². The van der Waals surface area contributed by atoms with E-state index in [0.717, 1.165) is 51.9 Å². The van der Waals surface area contributed by atoms with Gasteiger partial charge in [-0.1, -0.05) is 6.07 Å². The lowest BCUT2D eigenvalue weighted by Crippen LogP contribution is -2.44. The molecule has 8 heteroatoms. The fourth-order valence-corrected chi connectivity index (χ4v) is 5.46. The maximum atomic E-state index is 13.2. The van der Waals surface area contributed by atoms with Crippen LogP contribution in [0.15, 0.2) is 42.5 Å². The zero-order valence-corrected chi connectivity index (χ0v) is 20.2. The minimum atomic E-state index is -0.217. The average Bonchev–Trinajstić information content (AvgIpc) is 3.50. The van der Waals surface area contributed by atoms with E-state index in [0.29, 0.717) is 31.2 Å². The van der Waals surface area contributed by atoms with Gasteiger partial charge in [0.25, 0.3) is 5.91 Å². The molecule has 0 bridgehead atoms. The van der Waals surface area contributed by atoms with Crippen LogP contribution < -0.4 is 19.5 Å². The summed E-state index contributed by atoms with van der Waals surface area (Å²) in [7, 11) is 0. The van der Waals surface area contributed by atoms with E-state index in [9.17, 15) is 4.79 Å². The first-order valence-corrected chi connectivity index (χ1v) is 12.4. The van der Waals surface area contributed by atoms with Crippen LogP contribution in [0.2, 0.25) is 0 Å². The van der Waals surface area contributed by atoms with Crippen molar-refractivity contribution in [1.29, 1.82) is 0 Å². The molecule has 0 atom stereocenters. The molecule has 178 valence electrons. The fraction of sp³-hybridized carbons (Fsp3) is 0.385. The van der Waals surface area contributed by atoms with Crippen molar-refractivity contribution in [3.63, 3.8) is 0 Å². The normalized spacial score (nSPS) is 16.3. The van der Waals surface area contributed by atoms with E-state index < -0.39 is 0 Å². The van der Waals surface area contributed by atoms with Gasteiger partial charge in [0.2, 0.25) is 6.79 Å². The Bertz CT molecular complexity index is 1170. The van der Waals surface area contributed by atoms with Crippen molar-refractivity contribution in [2.45, 2.75) is 32.1 Å². The standard InChI is InChI=1S/C26H28N2O5S/c1-3-31-20-7-4-18(5-8-20)25-28-17(2)23(34-25)24(29)27-15-26(10-12-30-13-11-26)19-6-9-21-22(14-19)33-16-32-21/h4-9,14H,3,10-13,15-16H2,1-2H3,(H,27,29). The van der Waals surface area contributed by atoms with Gasteiger partial charge in [0.15, 0.2) is 11.5 Å². The second-order valence-electron chi connectivity index (χ2n) is 8.53. The van der Waals surface area contributed by atoms with Crippen LogP contribution in [-0.4, -0.2) is 44.0 Å². The Kier molecular flexibility index (Phi) is 6.43. The molecule has 34 heavy (non-hydrogen) atoms. The molecule has 0 radical (unpaired) electrons. The number of rotatable bonds is 7. The molecule has 0 spiro atoms. The zero-order chi connectivity index (χ0) is 23.5. The molecule has 1 aromatic heterocycles. The van der Waals surface area contributed by atoms with E-state index in [2.05, 4.69) is 16.4 Å². The lowest BCUT2D eigenvalue weighted by Gasteiger charge is -2.38. The molecule has 3 heterocycles. The summed E-state index contributed by atoms with van der Waals surface area (Å²) in [5, 5.41) is 4.01. The summed E-state index contributed by atoms with van der Waals surface area (Å²) in [5.41, 5.74) is 2.62. The third kappa shape index (κ3) is 4.48. The van der Waals surface area contributed by atoms with Gasteiger partial charge in [-0.05, 0) is 68.7 Å². The van der Waals surface area contributed by atoms with Crippen molar-refractivity contribution in [2.24, 2.45) is 0 Å². The summed E-state index contributed by atoms with van der Waals surface area (Å²) < 4.78 is 22.2. The van der Waals surface area contributed by atoms with Crippen molar-refractivity contribution in [2.75, 3.05) is 33.2 Å². The molecule has 3 aromatic rings. The highest BCUT2D eigenvalue weighted by atomic mass is 32.1. The van der Waals surface area contributed by atoms with Crippen LogP contribution in [0.25, 0.3) is 10.6 Å². The number of amides is 1. The van der Waals surface area contributed by atoms with Crippen LogP contribution in [0.5, 0.6) is 17.2 Å². The Hall–Kier alpha value is -3.10. The second-order valence-corrected chi connectivity index (χ2v) is 9.53. The average molecular weight is 481 g/mol. The minimum absolute atomic E-state index is 0.0983. The summed E-state index contributed by atoms with van der Waals surface area (Å²) in [6, 6.07) is 13.9. The quantitative estimate of drug-likeness (QED) is 0.527. The number of nitrogens with one attached hydrogen (secondary N) is 1. The van der Waals surface area contributed by atoms with Gasteiger partial charge >= 0.3 is 0 Å². The van der Waals surface area contributed by atoms with Gasteiger partial charge in [-0.25, -0.2) is 4.98 Å². The topological polar surface area (TPSA) is 78.9 Å². The van der Waals surface area contributed by atoms with Crippen LogP contribution >= 0.6 is 11.3 Å². The molecule has 0 aliphatic carbocycles. The highest BCUT2D eigenvalue weighted by Gasteiger charge is 2.36. The highest BCUT2D eigenvalue weighted by molar-refractivity contribution is 7.17. The molecule has 2 aliphatic heterocycles. The number of aryl methyl sites for hydroxylation is 1. The minimum Gasteiger partial charge on any atom is -0.494 e.